The zero-order valence-corrected chi connectivity index (χ0v) is 49.6. The molecule has 0 fully saturated rings. The second-order valence-corrected chi connectivity index (χ2v) is 28.7. The molecule has 8 aromatic carbocycles. The van der Waals surface area contributed by atoms with E-state index in [4.69, 9.17) is 8.83 Å². The molecule has 402 valence electrons. The van der Waals surface area contributed by atoms with Crippen molar-refractivity contribution in [3.63, 3.8) is 0 Å². The fourth-order valence-corrected chi connectivity index (χ4v) is 14.4. The molecule has 0 atom stereocenters. The lowest BCUT2D eigenvalue weighted by Crippen LogP contribution is -2.61. The summed E-state index contributed by atoms with van der Waals surface area (Å²) in [5, 5.41) is 3.41. The largest absolute Gasteiger partial charge is 0.468 e. The van der Waals surface area contributed by atoms with Crippen LogP contribution in [0.15, 0.2) is 167 Å². The summed E-state index contributed by atoms with van der Waals surface area (Å²) >= 11 is 0. The molecule has 4 heterocycles. The molecule has 4 aliphatic rings. The molecule has 0 saturated carbocycles. The van der Waals surface area contributed by atoms with Gasteiger partial charge in [0.1, 0.15) is 11.2 Å². The van der Waals surface area contributed by atoms with Gasteiger partial charge in [-0.15, -0.1) is 0 Å². The van der Waals surface area contributed by atoms with Gasteiger partial charge in [-0.2, -0.15) is 0 Å². The highest BCUT2D eigenvalue weighted by atomic mass is 16.3. The Balaban J connectivity index is 1.16. The van der Waals surface area contributed by atoms with Gasteiger partial charge >= 0.3 is 0 Å². The van der Waals surface area contributed by atoms with Crippen molar-refractivity contribution in [3.05, 3.63) is 191 Å². The Morgan fingerprint density at radius 3 is 1.61 bits per heavy atom. The molecule has 0 unspecified atom stereocenters. The molecule has 2 aromatic heterocycles. The van der Waals surface area contributed by atoms with Crippen molar-refractivity contribution in [1.82, 2.24) is 0 Å². The van der Waals surface area contributed by atoms with Crippen molar-refractivity contribution in [2.75, 3.05) is 14.7 Å². The Labute approximate surface area is 474 Å². The highest BCUT2D eigenvalue weighted by Crippen LogP contribution is 2.55. The summed E-state index contributed by atoms with van der Waals surface area (Å²) in [6.45, 7) is 33.2. The van der Waals surface area contributed by atoms with Crippen LogP contribution in [0.25, 0.3) is 32.9 Å². The number of para-hydroxylation sites is 3. The number of rotatable bonds is 5. The van der Waals surface area contributed by atoms with Crippen LogP contribution in [0.3, 0.4) is 0 Å². The van der Waals surface area contributed by atoms with Gasteiger partial charge in [0.2, 0.25) is 0 Å². The quantitative estimate of drug-likeness (QED) is 0.161. The molecule has 0 bridgehead atoms. The van der Waals surface area contributed by atoms with Gasteiger partial charge in [0.05, 0.1) is 22.7 Å². The van der Waals surface area contributed by atoms with Crippen LogP contribution in [0.1, 0.15) is 156 Å². The maximum absolute atomic E-state index is 7.81. The van der Waals surface area contributed by atoms with Crippen molar-refractivity contribution in [2.24, 2.45) is 0 Å². The third-order valence-electron chi connectivity index (χ3n) is 19.4. The third kappa shape index (κ3) is 7.63. The predicted molar refractivity (Wildman–Crippen MR) is 340 cm³/mol. The average molecular weight is 1050 g/mol. The normalized spacial score (nSPS) is 17.5. The molecule has 80 heavy (non-hydrogen) atoms. The number of anilines is 9. The molecule has 10 aromatic rings. The van der Waals surface area contributed by atoms with Crippen LogP contribution in [-0.2, 0) is 32.5 Å². The van der Waals surface area contributed by atoms with Crippen LogP contribution in [0.2, 0.25) is 0 Å². The van der Waals surface area contributed by atoms with E-state index in [1.54, 1.807) is 0 Å². The van der Waals surface area contributed by atoms with Crippen LogP contribution in [-0.4, -0.2) is 6.71 Å². The summed E-state index contributed by atoms with van der Waals surface area (Å²) < 4.78 is 15.0. The van der Waals surface area contributed by atoms with E-state index in [1.807, 2.05) is 0 Å². The molecule has 2 aliphatic heterocycles. The third-order valence-corrected chi connectivity index (χ3v) is 19.4. The molecule has 0 N–H and O–H groups in total. The summed E-state index contributed by atoms with van der Waals surface area (Å²) in [7, 11) is 0. The molecular weight excluding hydrogens is 974 g/mol. The smallest absolute Gasteiger partial charge is 0.297 e. The zero-order chi connectivity index (χ0) is 55.8. The first-order valence-corrected chi connectivity index (χ1v) is 29.4. The minimum Gasteiger partial charge on any atom is -0.468 e. The van der Waals surface area contributed by atoms with E-state index in [0.29, 0.717) is 0 Å². The first-order chi connectivity index (χ1) is 37.9. The molecule has 0 radical (unpaired) electrons. The summed E-state index contributed by atoms with van der Waals surface area (Å²) in [5.74, 6) is 0. The minimum absolute atomic E-state index is 0.00217. The van der Waals surface area contributed by atoms with E-state index in [0.717, 1.165) is 110 Å². The summed E-state index contributed by atoms with van der Waals surface area (Å²) in [6, 6.07) is 60.0. The summed E-state index contributed by atoms with van der Waals surface area (Å²) in [5.41, 5.74) is 24.1. The zero-order valence-electron chi connectivity index (χ0n) is 49.6. The van der Waals surface area contributed by atoms with Gasteiger partial charge in [-0.3, -0.25) is 0 Å². The van der Waals surface area contributed by atoms with Crippen molar-refractivity contribution in [2.45, 2.75) is 155 Å². The number of benzene rings is 8. The molecule has 0 saturated heterocycles. The van der Waals surface area contributed by atoms with Gasteiger partial charge in [0.15, 0.2) is 5.58 Å². The van der Waals surface area contributed by atoms with Crippen LogP contribution in [0.4, 0.5) is 51.2 Å². The SMILES string of the molecule is CC(C)(C)c1ccc2c(c1)B1c3oc4cc5c(cc4c3N(c3ccc4c(c3)C(C)(C)CCC4(C)C)c3cc(N(c4ccccc4)c4ccccc4)cc(c31)N2c1cccc2c1oc1ccc(C(C)(C)C)cc12)C(C)(C)CCC5(C)C. The lowest BCUT2D eigenvalue weighted by atomic mass is 9.35. The second kappa shape index (κ2) is 17.1. The molecule has 2 aliphatic carbocycles. The van der Waals surface area contributed by atoms with Gasteiger partial charge < -0.3 is 23.5 Å². The van der Waals surface area contributed by atoms with Crippen molar-refractivity contribution in [3.8, 4) is 0 Å². The Bertz CT molecular complexity index is 4140. The van der Waals surface area contributed by atoms with Gasteiger partial charge in [-0.25, -0.2) is 0 Å². The van der Waals surface area contributed by atoms with E-state index in [9.17, 15) is 0 Å². The van der Waals surface area contributed by atoms with Gasteiger partial charge in [0.25, 0.3) is 6.71 Å². The Kier molecular flexibility index (Phi) is 10.8. The number of nitrogens with zero attached hydrogens (tertiary/aromatic N) is 3. The molecule has 0 spiro atoms. The Morgan fingerprint density at radius 1 is 0.425 bits per heavy atom. The average Bonchev–Trinajstić information content (AvgIpc) is 4.06. The van der Waals surface area contributed by atoms with E-state index < -0.39 is 0 Å². The lowest BCUT2D eigenvalue weighted by molar-refractivity contribution is 0.332. The van der Waals surface area contributed by atoms with Gasteiger partial charge in [-0.05, 0) is 187 Å². The number of hydrogen-bond acceptors (Lipinski definition) is 5. The molecule has 6 heteroatoms. The fourth-order valence-electron chi connectivity index (χ4n) is 14.4. The van der Waals surface area contributed by atoms with Crippen molar-refractivity contribution in [1.29, 1.82) is 0 Å². The molecule has 0 amide bonds. The second-order valence-electron chi connectivity index (χ2n) is 28.7. The number of hydrogen-bond donors (Lipinski definition) is 0. The van der Waals surface area contributed by atoms with Gasteiger partial charge in [-0.1, -0.05) is 170 Å². The Morgan fingerprint density at radius 2 is 0.988 bits per heavy atom. The van der Waals surface area contributed by atoms with Crippen LogP contribution in [0.5, 0.6) is 0 Å². The van der Waals surface area contributed by atoms with E-state index in [1.165, 1.54) is 49.7 Å². The minimum atomic E-state index is -0.251. The van der Waals surface area contributed by atoms with Crippen LogP contribution >= 0.6 is 0 Å². The lowest BCUT2D eigenvalue weighted by Gasteiger charge is -2.45. The standard InChI is InChI=1S/C74H76BN3O2/c1-69(2,3)45-29-33-63-52(38-45)51-26-21-27-60(67(51)79-63)78-59-32-28-46(70(4,5)6)39-58(59)75-65-61(41-50(42-62(65)78)76(47-22-17-15-18-23-47)48-24-19-16-20-25-48)77(49-30-31-54-55(40-49)72(9,10)35-34-71(54,7)8)66-53-43-56-57(44-64(53)80-68(66)75)74(13,14)37-36-73(56,11)12/h15-33,38-44H,34-37H2,1-14H3. The van der Waals surface area contributed by atoms with Gasteiger partial charge in [0, 0.05) is 50.3 Å². The number of fused-ring (bicyclic) bond motifs is 11. The highest BCUT2D eigenvalue weighted by molar-refractivity contribution is 7.00. The first kappa shape index (κ1) is 50.8. The van der Waals surface area contributed by atoms with E-state index >= 15 is 0 Å². The molecule has 5 nitrogen and oxygen atoms in total. The van der Waals surface area contributed by atoms with Crippen LogP contribution < -0.4 is 31.3 Å². The summed E-state index contributed by atoms with van der Waals surface area (Å²) in [4.78, 5) is 7.61. The highest BCUT2D eigenvalue weighted by Gasteiger charge is 2.49. The van der Waals surface area contributed by atoms with E-state index in [2.05, 4.69) is 269 Å². The topological polar surface area (TPSA) is 36.0 Å². The molecular formula is C74H76BN3O2. The van der Waals surface area contributed by atoms with Crippen molar-refractivity contribution < 1.29 is 8.83 Å². The molecule has 14 rings (SSSR count). The first-order valence-electron chi connectivity index (χ1n) is 29.4. The Hall–Kier alpha value is -7.44. The predicted octanol–water partition coefficient (Wildman–Crippen LogP) is 19.2. The maximum Gasteiger partial charge on any atom is 0.297 e. The fraction of sp³-hybridized carbons (Fsp3) is 0.324. The van der Waals surface area contributed by atoms with Crippen molar-refractivity contribution >= 4 is 107 Å². The van der Waals surface area contributed by atoms with Crippen LogP contribution in [0, 0.1) is 0 Å². The van der Waals surface area contributed by atoms with E-state index in [-0.39, 0.29) is 39.2 Å². The summed E-state index contributed by atoms with van der Waals surface area (Å²) in [6.07, 6.45) is 4.52. The monoisotopic (exact) mass is 1050 g/mol. The maximum atomic E-state index is 7.81. The number of furan rings is 2.